The van der Waals surface area contributed by atoms with E-state index in [2.05, 4.69) is 22.5 Å². The minimum atomic E-state index is -0.0781. The molecule has 128 valence electrons. The molecule has 2 aromatic carbocycles. The molecule has 0 radical (unpaired) electrons. The van der Waals surface area contributed by atoms with E-state index in [-0.39, 0.29) is 11.9 Å². The maximum absolute atomic E-state index is 12.8. The standard InChI is InChI=1S/C21H23N3O/c1-15(19-12-8-5-9-13-19)22-21(25)20-16(2)23-24(17(20)3)14-18-10-6-4-7-11-18/h4-13,15H,14H2,1-3H3,(H,22,25). The number of carbonyl (C=O) groups excluding carboxylic acids is 1. The second-order valence-corrected chi connectivity index (χ2v) is 6.29. The van der Waals surface area contributed by atoms with Crippen molar-refractivity contribution in [1.82, 2.24) is 15.1 Å². The average molecular weight is 333 g/mol. The van der Waals surface area contributed by atoms with E-state index in [0.717, 1.165) is 22.5 Å². The smallest absolute Gasteiger partial charge is 0.255 e. The number of aryl methyl sites for hydroxylation is 1. The van der Waals surface area contributed by atoms with Crippen LogP contribution in [-0.2, 0) is 6.54 Å². The van der Waals surface area contributed by atoms with Gasteiger partial charge in [-0.25, -0.2) is 0 Å². The molecule has 0 fully saturated rings. The maximum atomic E-state index is 12.8. The summed E-state index contributed by atoms with van der Waals surface area (Å²) in [4.78, 5) is 12.8. The van der Waals surface area contributed by atoms with E-state index in [0.29, 0.717) is 12.1 Å². The average Bonchev–Trinajstić information content (AvgIpc) is 2.90. The van der Waals surface area contributed by atoms with Crippen molar-refractivity contribution in [2.45, 2.75) is 33.4 Å². The van der Waals surface area contributed by atoms with Crippen LogP contribution in [0, 0.1) is 13.8 Å². The first kappa shape index (κ1) is 17.0. The lowest BCUT2D eigenvalue weighted by molar-refractivity contribution is 0.0938. The molecule has 0 saturated carbocycles. The molecule has 1 amide bonds. The van der Waals surface area contributed by atoms with Crippen molar-refractivity contribution in [2.24, 2.45) is 0 Å². The molecule has 1 N–H and O–H groups in total. The summed E-state index contributed by atoms with van der Waals surface area (Å²) in [5.74, 6) is -0.0781. The third kappa shape index (κ3) is 3.79. The summed E-state index contributed by atoms with van der Waals surface area (Å²) in [6.45, 7) is 6.49. The monoisotopic (exact) mass is 333 g/mol. The summed E-state index contributed by atoms with van der Waals surface area (Å²) in [7, 11) is 0. The van der Waals surface area contributed by atoms with E-state index in [9.17, 15) is 4.79 Å². The number of amides is 1. The van der Waals surface area contributed by atoms with Gasteiger partial charge in [0.25, 0.3) is 5.91 Å². The molecule has 0 aliphatic heterocycles. The van der Waals surface area contributed by atoms with Gasteiger partial charge in [0, 0.05) is 5.69 Å². The highest BCUT2D eigenvalue weighted by Crippen LogP contribution is 2.17. The summed E-state index contributed by atoms with van der Waals surface area (Å²) < 4.78 is 1.90. The molecule has 3 aromatic rings. The second-order valence-electron chi connectivity index (χ2n) is 6.29. The maximum Gasteiger partial charge on any atom is 0.255 e. The summed E-state index contributed by atoms with van der Waals surface area (Å²) >= 11 is 0. The van der Waals surface area contributed by atoms with Gasteiger partial charge < -0.3 is 5.32 Å². The summed E-state index contributed by atoms with van der Waals surface area (Å²) in [5, 5.41) is 7.64. The molecular formula is C21H23N3O. The largest absolute Gasteiger partial charge is 0.345 e. The number of benzene rings is 2. The van der Waals surface area contributed by atoms with Crippen LogP contribution in [0.15, 0.2) is 60.7 Å². The summed E-state index contributed by atoms with van der Waals surface area (Å²) in [6.07, 6.45) is 0. The Labute approximate surface area is 148 Å². The Bertz CT molecular complexity index is 854. The molecule has 1 aromatic heterocycles. The van der Waals surface area contributed by atoms with Crippen LogP contribution in [0.1, 0.15) is 45.8 Å². The summed E-state index contributed by atoms with van der Waals surface area (Å²) in [5.41, 5.74) is 4.56. The van der Waals surface area contributed by atoms with Crippen LogP contribution in [0.25, 0.3) is 0 Å². The van der Waals surface area contributed by atoms with Gasteiger partial charge in [0.1, 0.15) is 0 Å². The zero-order valence-electron chi connectivity index (χ0n) is 14.9. The lowest BCUT2D eigenvalue weighted by Gasteiger charge is -2.14. The van der Waals surface area contributed by atoms with Crippen LogP contribution >= 0.6 is 0 Å². The topological polar surface area (TPSA) is 46.9 Å². The zero-order chi connectivity index (χ0) is 17.8. The Kier molecular flexibility index (Phi) is 4.98. The van der Waals surface area contributed by atoms with Gasteiger partial charge in [-0.15, -0.1) is 0 Å². The van der Waals surface area contributed by atoms with Crippen molar-refractivity contribution in [1.29, 1.82) is 0 Å². The van der Waals surface area contributed by atoms with E-state index < -0.39 is 0 Å². The van der Waals surface area contributed by atoms with Gasteiger partial charge in [0.2, 0.25) is 0 Å². The fourth-order valence-electron chi connectivity index (χ4n) is 3.03. The van der Waals surface area contributed by atoms with Gasteiger partial charge in [-0.2, -0.15) is 5.10 Å². The number of hydrogen-bond acceptors (Lipinski definition) is 2. The molecule has 0 bridgehead atoms. The van der Waals surface area contributed by atoms with Crippen molar-refractivity contribution < 1.29 is 4.79 Å². The molecule has 0 aliphatic carbocycles. The highest BCUT2D eigenvalue weighted by atomic mass is 16.1. The predicted molar refractivity (Wildman–Crippen MR) is 99.6 cm³/mol. The van der Waals surface area contributed by atoms with Crippen LogP contribution in [0.4, 0.5) is 0 Å². The third-order valence-electron chi connectivity index (χ3n) is 4.43. The SMILES string of the molecule is Cc1nn(Cc2ccccc2)c(C)c1C(=O)NC(C)c1ccccc1. The molecular weight excluding hydrogens is 310 g/mol. The van der Waals surface area contributed by atoms with E-state index >= 15 is 0 Å². The Morgan fingerprint density at radius 2 is 1.64 bits per heavy atom. The number of hydrogen-bond donors (Lipinski definition) is 1. The van der Waals surface area contributed by atoms with Gasteiger partial charge in [-0.1, -0.05) is 60.7 Å². The van der Waals surface area contributed by atoms with Crippen LogP contribution in [0.3, 0.4) is 0 Å². The zero-order valence-corrected chi connectivity index (χ0v) is 14.9. The molecule has 1 heterocycles. The molecule has 0 aliphatic rings. The highest BCUT2D eigenvalue weighted by Gasteiger charge is 2.20. The lowest BCUT2D eigenvalue weighted by Crippen LogP contribution is -2.27. The molecule has 3 rings (SSSR count). The second kappa shape index (κ2) is 7.34. The van der Waals surface area contributed by atoms with E-state index in [1.807, 2.05) is 74.0 Å². The molecule has 25 heavy (non-hydrogen) atoms. The number of rotatable bonds is 5. The van der Waals surface area contributed by atoms with Crippen LogP contribution in [0.5, 0.6) is 0 Å². The molecule has 0 saturated heterocycles. The molecule has 4 heteroatoms. The van der Waals surface area contributed by atoms with Gasteiger partial charge in [-0.05, 0) is 31.9 Å². The normalized spacial score (nSPS) is 12.0. The van der Waals surface area contributed by atoms with Crippen molar-refractivity contribution in [3.8, 4) is 0 Å². The highest BCUT2D eigenvalue weighted by molar-refractivity contribution is 5.96. The van der Waals surface area contributed by atoms with E-state index in [4.69, 9.17) is 0 Å². The Hall–Kier alpha value is -2.88. The molecule has 0 spiro atoms. The molecule has 1 unspecified atom stereocenters. The van der Waals surface area contributed by atoms with Crippen molar-refractivity contribution in [3.63, 3.8) is 0 Å². The Morgan fingerprint density at radius 1 is 1.04 bits per heavy atom. The van der Waals surface area contributed by atoms with Gasteiger partial charge in [0.05, 0.1) is 23.8 Å². The van der Waals surface area contributed by atoms with Crippen LogP contribution in [-0.4, -0.2) is 15.7 Å². The number of carbonyl (C=O) groups is 1. The van der Waals surface area contributed by atoms with Crippen LogP contribution in [0.2, 0.25) is 0 Å². The fraction of sp³-hybridized carbons (Fsp3) is 0.238. The first-order chi connectivity index (χ1) is 12.1. The minimum Gasteiger partial charge on any atom is -0.345 e. The first-order valence-electron chi connectivity index (χ1n) is 8.50. The number of nitrogens with zero attached hydrogens (tertiary/aromatic N) is 2. The lowest BCUT2D eigenvalue weighted by atomic mass is 10.1. The van der Waals surface area contributed by atoms with E-state index in [1.54, 1.807) is 0 Å². The van der Waals surface area contributed by atoms with Gasteiger partial charge in [-0.3, -0.25) is 9.48 Å². The minimum absolute atomic E-state index is 0.0510. The molecule has 4 nitrogen and oxygen atoms in total. The predicted octanol–water partition coefficient (Wildman–Crippen LogP) is 4.04. The van der Waals surface area contributed by atoms with Crippen molar-refractivity contribution >= 4 is 5.91 Å². The van der Waals surface area contributed by atoms with Crippen molar-refractivity contribution in [3.05, 3.63) is 88.7 Å². The van der Waals surface area contributed by atoms with Crippen LogP contribution < -0.4 is 5.32 Å². The van der Waals surface area contributed by atoms with Crippen molar-refractivity contribution in [2.75, 3.05) is 0 Å². The molecule has 1 atom stereocenters. The van der Waals surface area contributed by atoms with Gasteiger partial charge >= 0.3 is 0 Å². The Balaban J connectivity index is 1.79. The quantitative estimate of drug-likeness (QED) is 0.766. The number of aromatic nitrogens is 2. The van der Waals surface area contributed by atoms with Gasteiger partial charge in [0.15, 0.2) is 0 Å². The third-order valence-corrected chi connectivity index (χ3v) is 4.43. The number of nitrogens with one attached hydrogen (secondary N) is 1. The fourth-order valence-corrected chi connectivity index (χ4v) is 3.03. The summed E-state index contributed by atoms with van der Waals surface area (Å²) in [6, 6.07) is 20.1. The first-order valence-corrected chi connectivity index (χ1v) is 8.50. The van der Waals surface area contributed by atoms with E-state index in [1.165, 1.54) is 0 Å². The Morgan fingerprint density at radius 3 is 2.28 bits per heavy atom.